The third-order valence-electron chi connectivity index (χ3n) is 10.3. The number of nitrogens with one attached hydrogen (secondary N) is 2. The van der Waals surface area contributed by atoms with E-state index >= 15 is 0 Å². The quantitative estimate of drug-likeness (QED) is 0.0434. The van der Waals surface area contributed by atoms with E-state index in [9.17, 15) is 24.0 Å². The van der Waals surface area contributed by atoms with Gasteiger partial charge in [-0.15, -0.1) is 0 Å². The van der Waals surface area contributed by atoms with E-state index < -0.39 is 18.0 Å². The first-order valence-corrected chi connectivity index (χ1v) is 23.9. The van der Waals surface area contributed by atoms with E-state index in [0.717, 1.165) is 56.1 Å². The van der Waals surface area contributed by atoms with Crippen molar-refractivity contribution in [2.24, 2.45) is 0 Å². The van der Waals surface area contributed by atoms with Crippen molar-refractivity contribution in [3.63, 3.8) is 0 Å². The highest BCUT2D eigenvalue weighted by Gasteiger charge is 2.23. The van der Waals surface area contributed by atoms with Gasteiger partial charge in [-0.2, -0.15) is 0 Å². The van der Waals surface area contributed by atoms with Gasteiger partial charge in [-0.05, 0) is 30.4 Å². The minimum Gasteiger partial charge on any atom is -0.481 e. The largest absolute Gasteiger partial charge is 0.481 e. The molecule has 65 heavy (non-hydrogen) atoms. The first kappa shape index (κ1) is 56.7. The van der Waals surface area contributed by atoms with Crippen molar-refractivity contribution < 1.29 is 62.2 Å². The topological polar surface area (TPSA) is 194 Å². The highest BCUT2D eigenvalue weighted by Crippen LogP contribution is 2.15. The lowest BCUT2D eigenvalue weighted by Crippen LogP contribution is -2.42. The third-order valence-corrected chi connectivity index (χ3v) is 10.3. The summed E-state index contributed by atoms with van der Waals surface area (Å²) < 4.78 is 37.8. The first-order valence-electron chi connectivity index (χ1n) is 23.9. The summed E-state index contributed by atoms with van der Waals surface area (Å²) in [5.41, 5.74) is 1.85. The number of ether oxygens (including phenoxy) is 7. The van der Waals surface area contributed by atoms with Crippen LogP contribution < -0.4 is 10.6 Å². The van der Waals surface area contributed by atoms with Gasteiger partial charge in [0.1, 0.15) is 19.3 Å². The van der Waals surface area contributed by atoms with Crippen molar-refractivity contribution in [1.82, 2.24) is 10.6 Å². The third kappa shape index (κ3) is 35.5. The van der Waals surface area contributed by atoms with Gasteiger partial charge in [0.05, 0.1) is 72.5 Å². The van der Waals surface area contributed by atoms with E-state index in [0.29, 0.717) is 85.5 Å². The molecule has 0 aliphatic carbocycles. The molecule has 1 atom stereocenters. The minimum atomic E-state index is -0.931. The summed E-state index contributed by atoms with van der Waals surface area (Å²) in [6, 6.07) is 18.1. The monoisotopic (exact) mass is 915 g/mol. The molecule has 0 heterocycles. The summed E-state index contributed by atoms with van der Waals surface area (Å²) in [5, 5.41) is 14.2. The lowest BCUT2D eigenvalue weighted by Gasteiger charge is -2.18. The number of hydrogen-bond acceptors (Lipinski definition) is 12. The second kappa shape index (κ2) is 41.1. The Kier molecular flexibility index (Phi) is 35.8. The molecule has 0 unspecified atom stereocenters. The minimum absolute atomic E-state index is 0.0284. The van der Waals surface area contributed by atoms with E-state index in [2.05, 4.69) is 10.6 Å². The molecule has 0 aliphatic heterocycles. The van der Waals surface area contributed by atoms with Crippen molar-refractivity contribution in [2.75, 3.05) is 72.6 Å². The Bertz CT molecular complexity index is 1500. The lowest BCUT2D eigenvalue weighted by molar-refractivity contribution is -0.149. The number of unbranched alkanes of at least 4 members (excludes halogenated alkanes) is 13. The number of benzene rings is 2. The van der Waals surface area contributed by atoms with Crippen LogP contribution in [0, 0.1) is 0 Å². The van der Waals surface area contributed by atoms with Crippen LogP contribution >= 0.6 is 0 Å². The molecule has 2 amide bonds. The zero-order valence-corrected chi connectivity index (χ0v) is 38.8. The number of hydrogen-bond donors (Lipinski definition) is 3. The molecule has 0 fully saturated rings. The van der Waals surface area contributed by atoms with Crippen LogP contribution in [0.5, 0.6) is 0 Å². The number of carboxylic acids is 1. The Morgan fingerprint density at radius 2 is 0.862 bits per heavy atom. The van der Waals surface area contributed by atoms with Crippen molar-refractivity contribution in [3.8, 4) is 0 Å². The molecule has 2 aromatic rings. The molecule has 3 N–H and O–H groups in total. The van der Waals surface area contributed by atoms with Gasteiger partial charge in [0, 0.05) is 25.8 Å². The Labute approximate surface area is 387 Å². The summed E-state index contributed by atoms with van der Waals surface area (Å²) >= 11 is 0. The lowest BCUT2D eigenvalue weighted by atomic mass is 10.0. The zero-order valence-electron chi connectivity index (χ0n) is 38.8. The Morgan fingerprint density at radius 1 is 0.446 bits per heavy atom. The second-order valence-electron chi connectivity index (χ2n) is 15.9. The molecule has 15 nitrogen and oxygen atoms in total. The standard InChI is InChI=1S/C50H78N2O13/c53-46(51-30-32-60-34-36-62-38-40-63-39-37-61-35-33-59-31-29-48(55)56)28-27-45(50(58)65-42-44-23-17-14-18-24-44)52-47(54)25-19-11-9-7-5-3-1-2-4-6-8-10-12-20-26-49(57)64-41-43-21-15-13-16-22-43/h13-18,21-24,45H,1-12,19-20,25-42H2,(H,51,53)(H,52,54)(H,55,56)/t45-/m0/s1. The molecule has 0 bridgehead atoms. The molecule has 2 rings (SSSR count). The maximum Gasteiger partial charge on any atom is 0.328 e. The molecule has 0 saturated carbocycles. The summed E-state index contributed by atoms with van der Waals surface area (Å²) in [6.45, 7) is 4.21. The molecule has 0 radical (unpaired) electrons. The Hall–Kier alpha value is -4.41. The molecule has 0 saturated heterocycles. The van der Waals surface area contributed by atoms with Gasteiger partial charge in [0.15, 0.2) is 0 Å². The van der Waals surface area contributed by atoms with Crippen molar-refractivity contribution in [3.05, 3.63) is 71.8 Å². The summed E-state index contributed by atoms with van der Waals surface area (Å²) in [4.78, 5) is 60.9. The smallest absolute Gasteiger partial charge is 0.328 e. The summed E-state index contributed by atoms with van der Waals surface area (Å²) in [6.07, 6.45) is 16.6. The molecule has 0 spiro atoms. The van der Waals surface area contributed by atoms with Crippen LogP contribution in [0.3, 0.4) is 0 Å². The summed E-state index contributed by atoms with van der Waals surface area (Å²) in [5.74, 6) is -2.06. The van der Waals surface area contributed by atoms with E-state index in [1.807, 2.05) is 60.7 Å². The van der Waals surface area contributed by atoms with E-state index in [-0.39, 0.29) is 50.3 Å². The predicted octanol–water partition coefficient (Wildman–Crippen LogP) is 7.65. The van der Waals surface area contributed by atoms with Crippen molar-refractivity contribution in [2.45, 2.75) is 141 Å². The molecule has 366 valence electrons. The highest BCUT2D eigenvalue weighted by molar-refractivity contribution is 5.85. The van der Waals surface area contributed by atoms with E-state index in [1.54, 1.807) is 0 Å². The fourth-order valence-corrected chi connectivity index (χ4v) is 6.60. The maximum atomic E-state index is 13.0. The molecule has 0 aromatic heterocycles. The van der Waals surface area contributed by atoms with Gasteiger partial charge in [-0.25, -0.2) is 4.79 Å². The molecular formula is C50H78N2O13. The average molecular weight is 915 g/mol. The van der Waals surface area contributed by atoms with Crippen molar-refractivity contribution >= 4 is 29.7 Å². The van der Waals surface area contributed by atoms with E-state index in [4.69, 9.17) is 38.3 Å². The predicted molar refractivity (Wildman–Crippen MR) is 247 cm³/mol. The van der Waals surface area contributed by atoms with E-state index in [1.165, 1.54) is 44.9 Å². The summed E-state index contributed by atoms with van der Waals surface area (Å²) in [7, 11) is 0. The van der Waals surface area contributed by atoms with Crippen LogP contribution in [-0.2, 0) is 70.3 Å². The normalized spacial score (nSPS) is 11.5. The number of carbonyl (C=O) groups excluding carboxylic acids is 4. The highest BCUT2D eigenvalue weighted by atomic mass is 16.6. The van der Waals surface area contributed by atoms with Gasteiger partial charge in [-0.3, -0.25) is 19.2 Å². The van der Waals surface area contributed by atoms with Gasteiger partial charge in [0.25, 0.3) is 0 Å². The van der Waals surface area contributed by atoms with Crippen LogP contribution in [0.15, 0.2) is 60.7 Å². The maximum absolute atomic E-state index is 13.0. The van der Waals surface area contributed by atoms with Crippen LogP contribution in [0.25, 0.3) is 0 Å². The second-order valence-corrected chi connectivity index (χ2v) is 15.9. The number of carbonyl (C=O) groups is 5. The average Bonchev–Trinajstić information content (AvgIpc) is 3.31. The zero-order chi connectivity index (χ0) is 46.7. The number of carboxylic acid groups (broad SMARTS) is 1. The van der Waals surface area contributed by atoms with Crippen LogP contribution in [0.4, 0.5) is 0 Å². The van der Waals surface area contributed by atoms with Gasteiger partial charge < -0.3 is 48.9 Å². The van der Waals surface area contributed by atoms with Crippen LogP contribution in [0.1, 0.15) is 133 Å². The first-order chi connectivity index (χ1) is 31.8. The van der Waals surface area contributed by atoms with Gasteiger partial charge >= 0.3 is 17.9 Å². The fraction of sp³-hybridized carbons (Fsp3) is 0.660. The Balaban J connectivity index is 1.46. The van der Waals surface area contributed by atoms with Crippen LogP contribution in [-0.4, -0.2) is 113 Å². The number of amides is 2. The van der Waals surface area contributed by atoms with Crippen molar-refractivity contribution in [1.29, 1.82) is 0 Å². The molecular weight excluding hydrogens is 837 g/mol. The molecule has 2 aromatic carbocycles. The fourth-order valence-electron chi connectivity index (χ4n) is 6.60. The van der Waals surface area contributed by atoms with Gasteiger partial charge in [-0.1, -0.05) is 138 Å². The SMILES string of the molecule is O=C(O)CCOCCOCCOCCOCCOCCNC(=O)CC[C@H](NC(=O)CCCCCCCCCCCCCCCCC(=O)OCc1ccccc1)C(=O)OCc1ccccc1. The molecule has 0 aliphatic rings. The van der Waals surface area contributed by atoms with Gasteiger partial charge in [0.2, 0.25) is 11.8 Å². The molecule has 15 heteroatoms. The van der Waals surface area contributed by atoms with Crippen LogP contribution in [0.2, 0.25) is 0 Å². The number of rotatable bonds is 44. The number of esters is 2. The number of aliphatic carboxylic acids is 1. The Morgan fingerprint density at radius 3 is 1.34 bits per heavy atom.